The monoisotopic (exact) mass is 503 g/mol. The normalized spacial score (nSPS) is 15.6. The van der Waals surface area contributed by atoms with E-state index in [2.05, 4.69) is 34.4 Å². The Morgan fingerprint density at radius 1 is 1.31 bits per heavy atom. The number of ether oxygens (including phenoxy) is 2. The number of carbonyl (C=O) groups excluding carboxylic acids is 2. The van der Waals surface area contributed by atoms with Crippen LogP contribution in [-0.4, -0.2) is 80.8 Å². The van der Waals surface area contributed by atoms with Crippen LogP contribution in [0, 0.1) is 0 Å². The summed E-state index contributed by atoms with van der Waals surface area (Å²) in [7, 11) is 3.56. The van der Waals surface area contributed by atoms with Crippen LogP contribution in [0.5, 0.6) is 0 Å². The van der Waals surface area contributed by atoms with E-state index in [0.29, 0.717) is 56.4 Å². The number of methoxy groups -OCH3 is 1. The molecule has 1 aromatic heterocycles. The lowest BCUT2D eigenvalue weighted by Crippen LogP contribution is -2.52. The number of anilines is 2. The van der Waals surface area contributed by atoms with E-state index in [1.54, 1.807) is 18.6 Å². The van der Waals surface area contributed by atoms with E-state index in [1.807, 2.05) is 31.0 Å². The fourth-order valence-corrected chi connectivity index (χ4v) is 4.58. The third-order valence-corrected chi connectivity index (χ3v) is 6.94. The average molecular weight is 504 g/mol. The summed E-state index contributed by atoms with van der Waals surface area (Å²) in [4.78, 5) is 34.7. The standard InChI is InChI=1S/C25H37N5O4S/c1-6-9-26-22(31)19-14-18(15-30-11-13-34-17-25(30,2)3)7-8-20(19)27-23(32)21-16-35-24(28-21)29(4)10-12-33-5/h7-8,14,16H,6,9-13,15,17H2,1-5H3,(H,26,31)(H,27,32). The van der Waals surface area contributed by atoms with E-state index in [1.165, 1.54) is 11.3 Å². The van der Waals surface area contributed by atoms with E-state index in [9.17, 15) is 9.59 Å². The van der Waals surface area contributed by atoms with Gasteiger partial charge in [-0.1, -0.05) is 13.0 Å². The lowest BCUT2D eigenvalue weighted by atomic mass is 10.00. The molecule has 1 aliphatic heterocycles. The first-order valence-electron chi connectivity index (χ1n) is 12.0. The van der Waals surface area contributed by atoms with Crippen molar-refractivity contribution in [3.05, 3.63) is 40.4 Å². The summed E-state index contributed by atoms with van der Waals surface area (Å²) < 4.78 is 10.7. The van der Waals surface area contributed by atoms with Gasteiger partial charge in [-0.05, 0) is 38.0 Å². The minimum atomic E-state index is -0.348. The van der Waals surface area contributed by atoms with Gasteiger partial charge >= 0.3 is 0 Å². The van der Waals surface area contributed by atoms with Gasteiger partial charge in [0.15, 0.2) is 5.13 Å². The molecule has 35 heavy (non-hydrogen) atoms. The molecule has 9 nitrogen and oxygen atoms in total. The summed E-state index contributed by atoms with van der Waals surface area (Å²) in [5, 5.41) is 8.28. The Labute approximate surface area is 211 Å². The zero-order valence-corrected chi connectivity index (χ0v) is 22.2. The molecule has 1 aliphatic rings. The van der Waals surface area contributed by atoms with Crippen molar-refractivity contribution in [2.24, 2.45) is 0 Å². The first kappa shape index (κ1) is 27.1. The molecule has 1 aromatic carbocycles. The molecule has 192 valence electrons. The molecule has 0 bridgehead atoms. The second kappa shape index (κ2) is 12.4. The number of nitrogens with one attached hydrogen (secondary N) is 2. The highest BCUT2D eigenvalue weighted by molar-refractivity contribution is 7.13. The van der Waals surface area contributed by atoms with Gasteiger partial charge in [-0.3, -0.25) is 14.5 Å². The van der Waals surface area contributed by atoms with E-state index in [-0.39, 0.29) is 17.4 Å². The van der Waals surface area contributed by atoms with Crippen LogP contribution in [0.1, 0.15) is 53.6 Å². The van der Waals surface area contributed by atoms with Crippen LogP contribution in [0.4, 0.5) is 10.8 Å². The zero-order valence-electron chi connectivity index (χ0n) is 21.3. The molecule has 0 unspecified atom stereocenters. The summed E-state index contributed by atoms with van der Waals surface area (Å²) in [6.45, 7) is 11.0. The minimum absolute atomic E-state index is 0.0888. The van der Waals surface area contributed by atoms with E-state index in [4.69, 9.17) is 9.47 Å². The predicted octanol–water partition coefficient (Wildman–Crippen LogP) is 3.23. The highest BCUT2D eigenvalue weighted by atomic mass is 32.1. The number of thiazole rings is 1. The Kier molecular flexibility index (Phi) is 9.62. The van der Waals surface area contributed by atoms with Crippen molar-refractivity contribution < 1.29 is 19.1 Å². The van der Waals surface area contributed by atoms with Gasteiger partial charge in [0.05, 0.1) is 31.1 Å². The molecule has 0 aliphatic carbocycles. The fraction of sp³-hybridized carbons (Fsp3) is 0.560. The number of amides is 2. The summed E-state index contributed by atoms with van der Waals surface area (Å²) in [6, 6.07) is 5.64. The Hall–Kier alpha value is -2.53. The number of nitrogens with zero attached hydrogens (tertiary/aromatic N) is 3. The summed E-state index contributed by atoms with van der Waals surface area (Å²) in [5.41, 5.74) is 2.15. The highest BCUT2D eigenvalue weighted by Gasteiger charge is 2.30. The van der Waals surface area contributed by atoms with Crippen molar-refractivity contribution >= 4 is 34.0 Å². The van der Waals surface area contributed by atoms with Crippen LogP contribution in [0.3, 0.4) is 0 Å². The molecule has 0 saturated carbocycles. The Morgan fingerprint density at radius 2 is 2.11 bits per heavy atom. The van der Waals surface area contributed by atoms with E-state index in [0.717, 1.165) is 23.7 Å². The number of hydrogen-bond acceptors (Lipinski definition) is 8. The van der Waals surface area contributed by atoms with Crippen molar-refractivity contribution in [1.82, 2.24) is 15.2 Å². The quantitative estimate of drug-likeness (QED) is 0.486. The number of morpholine rings is 1. The first-order valence-corrected chi connectivity index (χ1v) is 12.8. The first-order chi connectivity index (χ1) is 16.7. The van der Waals surface area contributed by atoms with Gasteiger partial charge < -0.3 is 25.0 Å². The molecule has 3 rings (SSSR count). The maximum absolute atomic E-state index is 13.0. The number of rotatable bonds is 11. The summed E-state index contributed by atoms with van der Waals surface area (Å²) >= 11 is 1.39. The van der Waals surface area contributed by atoms with Gasteiger partial charge in [0, 0.05) is 51.3 Å². The van der Waals surface area contributed by atoms with Gasteiger partial charge in [-0.25, -0.2) is 4.98 Å². The second-order valence-electron chi connectivity index (χ2n) is 9.31. The maximum Gasteiger partial charge on any atom is 0.275 e. The smallest absolute Gasteiger partial charge is 0.275 e. The maximum atomic E-state index is 13.0. The van der Waals surface area contributed by atoms with Crippen molar-refractivity contribution in [1.29, 1.82) is 0 Å². The summed E-state index contributed by atoms with van der Waals surface area (Å²) in [6.07, 6.45) is 0.827. The molecule has 2 amide bonds. The van der Waals surface area contributed by atoms with Crippen LogP contribution in [-0.2, 0) is 16.0 Å². The second-order valence-corrected chi connectivity index (χ2v) is 10.1. The van der Waals surface area contributed by atoms with Gasteiger partial charge in [-0.15, -0.1) is 11.3 Å². The SMILES string of the molecule is CCCNC(=O)c1cc(CN2CCOCC2(C)C)ccc1NC(=O)c1csc(N(C)CCOC)n1. The third kappa shape index (κ3) is 7.23. The Bertz CT molecular complexity index is 1010. The highest BCUT2D eigenvalue weighted by Crippen LogP contribution is 2.25. The average Bonchev–Trinajstić information content (AvgIpc) is 3.34. The van der Waals surface area contributed by atoms with E-state index < -0.39 is 0 Å². The van der Waals surface area contributed by atoms with Crippen molar-refractivity contribution in [3.63, 3.8) is 0 Å². The number of likely N-dealkylation sites (N-methyl/N-ethyl adjacent to an activating group) is 1. The van der Waals surface area contributed by atoms with E-state index >= 15 is 0 Å². The van der Waals surface area contributed by atoms with Gasteiger partial charge in [0.1, 0.15) is 5.69 Å². The predicted molar refractivity (Wildman–Crippen MR) is 140 cm³/mol. The fourth-order valence-electron chi connectivity index (χ4n) is 3.78. The molecule has 0 radical (unpaired) electrons. The molecule has 0 atom stereocenters. The van der Waals surface area contributed by atoms with Crippen LogP contribution in [0.25, 0.3) is 0 Å². The Balaban J connectivity index is 1.79. The molecule has 2 aromatic rings. The molecule has 1 fully saturated rings. The van der Waals surface area contributed by atoms with Crippen molar-refractivity contribution in [2.45, 2.75) is 39.3 Å². The lowest BCUT2D eigenvalue weighted by molar-refractivity contribution is -0.0552. The number of aromatic nitrogens is 1. The summed E-state index contributed by atoms with van der Waals surface area (Å²) in [5.74, 6) is -0.553. The molecular formula is C25H37N5O4S. The molecule has 2 N–H and O–H groups in total. The van der Waals surface area contributed by atoms with Crippen molar-refractivity contribution in [2.75, 3.05) is 63.8 Å². The third-order valence-electron chi connectivity index (χ3n) is 5.98. The molecule has 2 heterocycles. The Morgan fingerprint density at radius 3 is 2.83 bits per heavy atom. The molecule has 10 heteroatoms. The topological polar surface area (TPSA) is 96.0 Å². The zero-order chi connectivity index (χ0) is 25.4. The largest absolute Gasteiger partial charge is 0.383 e. The van der Waals surface area contributed by atoms with Gasteiger partial charge in [0.2, 0.25) is 0 Å². The molecule has 1 saturated heterocycles. The van der Waals surface area contributed by atoms with Gasteiger partial charge in [-0.2, -0.15) is 0 Å². The van der Waals surface area contributed by atoms with Crippen LogP contribution in [0.15, 0.2) is 23.6 Å². The minimum Gasteiger partial charge on any atom is -0.383 e. The number of benzene rings is 1. The van der Waals surface area contributed by atoms with Crippen LogP contribution in [0.2, 0.25) is 0 Å². The molecular weight excluding hydrogens is 466 g/mol. The van der Waals surface area contributed by atoms with Crippen LogP contribution < -0.4 is 15.5 Å². The van der Waals surface area contributed by atoms with Crippen LogP contribution >= 0.6 is 11.3 Å². The number of hydrogen-bond donors (Lipinski definition) is 2. The van der Waals surface area contributed by atoms with Crippen molar-refractivity contribution in [3.8, 4) is 0 Å². The van der Waals surface area contributed by atoms with Gasteiger partial charge in [0.25, 0.3) is 11.8 Å². The molecule has 0 spiro atoms. The lowest BCUT2D eigenvalue weighted by Gasteiger charge is -2.42. The number of carbonyl (C=O) groups is 2.